The first-order valence-corrected chi connectivity index (χ1v) is 6.14. The molecular weight excluding hydrogens is 230 g/mol. The van der Waals surface area contributed by atoms with E-state index in [9.17, 15) is 0 Å². The number of alkyl halides is 1. The van der Waals surface area contributed by atoms with Gasteiger partial charge in [0.05, 0.1) is 0 Å². The number of hydrogen-bond donors (Lipinski definition) is 1. The molecule has 0 radical (unpaired) electrons. The number of hydrogen-bond acceptors (Lipinski definition) is 5. The van der Waals surface area contributed by atoms with Crippen LogP contribution in [0.15, 0.2) is 4.42 Å². The van der Waals surface area contributed by atoms with E-state index in [1.807, 2.05) is 0 Å². The van der Waals surface area contributed by atoms with Crippen LogP contribution in [0.2, 0.25) is 0 Å². The van der Waals surface area contributed by atoms with Gasteiger partial charge in [0.1, 0.15) is 5.88 Å². The summed E-state index contributed by atoms with van der Waals surface area (Å²) in [6.07, 6.45) is 4.04. The molecule has 1 fully saturated rings. The van der Waals surface area contributed by atoms with Crippen molar-refractivity contribution in [3.63, 3.8) is 0 Å². The van der Waals surface area contributed by atoms with Crippen LogP contribution in [0.3, 0.4) is 0 Å². The molecule has 6 heteroatoms. The molecule has 1 atom stereocenters. The molecule has 0 bridgehead atoms. The summed E-state index contributed by atoms with van der Waals surface area (Å²) in [7, 11) is 0. The number of rotatable bonds is 5. The van der Waals surface area contributed by atoms with E-state index in [1.54, 1.807) is 0 Å². The van der Waals surface area contributed by atoms with Gasteiger partial charge in [-0.2, -0.15) is 0 Å². The Labute approximate surface area is 99.4 Å². The number of aliphatic hydroxyl groups is 1. The van der Waals surface area contributed by atoms with Gasteiger partial charge in [-0.15, -0.1) is 16.7 Å². The topological polar surface area (TPSA) is 62.4 Å². The van der Waals surface area contributed by atoms with E-state index >= 15 is 0 Å². The Morgan fingerprint density at radius 2 is 2.38 bits per heavy atom. The summed E-state index contributed by atoms with van der Waals surface area (Å²) in [6, 6.07) is 0.979. The molecule has 1 aromatic heterocycles. The summed E-state index contributed by atoms with van der Waals surface area (Å²) in [6.45, 7) is 1.18. The molecule has 5 nitrogen and oxygen atoms in total. The second kappa shape index (κ2) is 5.50. The predicted molar refractivity (Wildman–Crippen MR) is 60.5 cm³/mol. The molecule has 16 heavy (non-hydrogen) atoms. The molecule has 90 valence electrons. The lowest BCUT2D eigenvalue weighted by Crippen LogP contribution is -2.29. The Hall–Kier alpha value is -0.810. The average Bonchev–Trinajstić information content (AvgIpc) is 2.94. The SMILES string of the molecule is OCCCC1CCCN1c1nnc(CCl)o1. The maximum absolute atomic E-state index is 8.84. The maximum atomic E-state index is 8.84. The molecule has 1 N–H and O–H groups in total. The van der Waals surface area contributed by atoms with E-state index in [1.165, 1.54) is 0 Å². The summed E-state index contributed by atoms with van der Waals surface area (Å²) in [4.78, 5) is 2.12. The molecule has 1 unspecified atom stereocenters. The monoisotopic (exact) mass is 245 g/mol. The van der Waals surface area contributed by atoms with E-state index in [4.69, 9.17) is 21.1 Å². The van der Waals surface area contributed by atoms with Crippen molar-refractivity contribution in [2.75, 3.05) is 18.1 Å². The van der Waals surface area contributed by atoms with Crippen molar-refractivity contribution < 1.29 is 9.52 Å². The van der Waals surface area contributed by atoms with E-state index in [0.717, 1.165) is 32.2 Å². The summed E-state index contributed by atoms with van der Waals surface area (Å²) < 4.78 is 5.44. The normalized spacial score (nSPS) is 20.6. The summed E-state index contributed by atoms with van der Waals surface area (Å²) >= 11 is 5.62. The third-order valence-electron chi connectivity index (χ3n) is 2.89. The van der Waals surface area contributed by atoms with Gasteiger partial charge in [0, 0.05) is 19.2 Å². The first-order chi connectivity index (χ1) is 7.85. The van der Waals surface area contributed by atoms with Crippen LogP contribution in [-0.2, 0) is 5.88 Å². The van der Waals surface area contributed by atoms with Crippen molar-refractivity contribution in [2.45, 2.75) is 37.6 Å². The second-order valence-corrected chi connectivity index (χ2v) is 4.23. The van der Waals surface area contributed by atoms with Gasteiger partial charge >= 0.3 is 6.01 Å². The zero-order valence-corrected chi connectivity index (χ0v) is 9.86. The number of anilines is 1. The standard InChI is InChI=1S/C10H16ClN3O2/c11-7-9-12-13-10(16-9)14-5-1-3-8(14)4-2-6-15/h8,15H,1-7H2. The van der Waals surface area contributed by atoms with E-state index < -0.39 is 0 Å². The molecule has 1 aromatic rings. The van der Waals surface area contributed by atoms with E-state index in [2.05, 4.69) is 15.1 Å². The van der Waals surface area contributed by atoms with Gasteiger partial charge in [-0.05, 0) is 25.7 Å². The van der Waals surface area contributed by atoms with Gasteiger partial charge in [0.25, 0.3) is 0 Å². The predicted octanol–water partition coefficient (Wildman–Crippen LogP) is 1.55. The molecule has 0 aromatic carbocycles. The Morgan fingerprint density at radius 3 is 3.06 bits per heavy atom. The van der Waals surface area contributed by atoms with Crippen molar-refractivity contribution in [2.24, 2.45) is 0 Å². The van der Waals surface area contributed by atoms with Crippen molar-refractivity contribution in [1.29, 1.82) is 0 Å². The van der Waals surface area contributed by atoms with E-state index in [-0.39, 0.29) is 12.5 Å². The highest BCUT2D eigenvalue weighted by Gasteiger charge is 2.27. The van der Waals surface area contributed by atoms with Crippen molar-refractivity contribution in [3.05, 3.63) is 5.89 Å². The van der Waals surface area contributed by atoms with Crippen LogP contribution in [0.25, 0.3) is 0 Å². The Kier molecular flexibility index (Phi) is 4.01. The summed E-state index contributed by atoms with van der Waals surface area (Å²) in [5, 5.41) is 16.7. The minimum atomic E-state index is 0.237. The lowest BCUT2D eigenvalue weighted by molar-refractivity contribution is 0.279. The van der Waals surface area contributed by atoms with Crippen molar-refractivity contribution in [3.8, 4) is 0 Å². The molecule has 0 saturated carbocycles. The third kappa shape index (κ3) is 2.47. The van der Waals surface area contributed by atoms with Crippen LogP contribution in [0.4, 0.5) is 6.01 Å². The van der Waals surface area contributed by atoms with Crippen LogP contribution in [-0.4, -0.2) is 34.5 Å². The smallest absolute Gasteiger partial charge is 0.318 e. The minimum absolute atomic E-state index is 0.237. The van der Waals surface area contributed by atoms with Crippen LogP contribution < -0.4 is 4.90 Å². The molecule has 1 aliphatic heterocycles. The van der Waals surface area contributed by atoms with Crippen LogP contribution in [0.1, 0.15) is 31.6 Å². The zero-order chi connectivity index (χ0) is 11.4. The highest BCUT2D eigenvalue weighted by Crippen LogP contribution is 2.27. The highest BCUT2D eigenvalue weighted by molar-refractivity contribution is 6.16. The van der Waals surface area contributed by atoms with E-state index in [0.29, 0.717) is 17.9 Å². The highest BCUT2D eigenvalue weighted by atomic mass is 35.5. The molecule has 1 saturated heterocycles. The zero-order valence-electron chi connectivity index (χ0n) is 9.10. The van der Waals surface area contributed by atoms with Gasteiger partial charge in [-0.1, -0.05) is 5.10 Å². The van der Waals surface area contributed by atoms with Gasteiger partial charge in [-0.3, -0.25) is 0 Å². The molecular formula is C10H16ClN3O2. The fourth-order valence-corrected chi connectivity index (χ4v) is 2.24. The van der Waals surface area contributed by atoms with Crippen molar-refractivity contribution >= 4 is 17.6 Å². The van der Waals surface area contributed by atoms with Gasteiger partial charge in [0.15, 0.2) is 0 Å². The lowest BCUT2D eigenvalue weighted by atomic mass is 10.1. The number of aliphatic hydroxyl groups excluding tert-OH is 1. The Balaban J connectivity index is 2.01. The number of halogens is 1. The molecule has 0 spiro atoms. The van der Waals surface area contributed by atoms with Gasteiger partial charge in [0.2, 0.25) is 5.89 Å². The quantitative estimate of drug-likeness (QED) is 0.798. The first-order valence-electron chi connectivity index (χ1n) is 5.61. The molecule has 2 heterocycles. The van der Waals surface area contributed by atoms with Crippen LogP contribution in [0.5, 0.6) is 0 Å². The summed E-state index contributed by atoms with van der Waals surface area (Å²) in [5.74, 6) is 0.715. The molecule has 2 rings (SSSR count). The molecule has 1 aliphatic rings. The molecule has 0 amide bonds. The lowest BCUT2D eigenvalue weighted by Gasteiger charge is -2.21. The Morgan fingerprint density at radius 1 is 1.50 bits per heavy atom. The largest absolute Gasteiger partial charge is 0.407 e. The Bertz CT molecular complexity index is 332. The fourth-order valence-electron chi connectivity index (χ4n) is 2.13. The van der Waals surface area contributed by atoms with Crippen LogP contribution in [0, 0.1) is 0 Å². The van der Waals surface area contributed by atoms with Crippen molar-refractivity contribution in [1.82, 2.24) is 10.2 Å². The number of nitrogens with zero attached hydrogens (tertiary/aromatic N) is 3. The minimum Gasteiger partial charge on any atom is -0.407 e. The third-order valence-corrected chi connectivity index (χ3v) is 3.12. The average molecular weight is 246 g/mol. The molecule has 0 aliphatic carbocycles. The fraction of sp³-hybridized carbons (Fsp3) is 0.800. The van der Waals surface area contributed by atoms with Gasteiger partial charge in [-0.25, -0.2) is 0 Å². The van der Waals surface area contributed by atoms with Gasteiger partial charge < -0.3 is 14.4 Å². The van der Waals surface area contributed by atoms with Crippen LogP contribution >= 0.6 is 11.6 Å². The first kappa shape index (κ1) is 11.7. The maximum Gasteiger partial charge on any atom is 0.318 e. The second-order valence-electron chi connectivity index (χ2n) is 3.97. The summed E-state index contributed by atoms with van der Waals surface area (Å²) in [5.41, 5.74) is 0. The number of aromatic nitrogens is 2.